The van der Waals surface area contributed by atoms with Crippen LogP contribution in [0.4, 0.5) is 10.1 Å². The summed E-state index contributed by atoms with van der Waals surface area (Å²) in [4.78, 5) is 1.14. The normalized spacial score (nSPS) is 12.4. The molecule has 0 fully saturated rings. The molecule has 0 amide bonds. The second-order valence-corrected chi connectivity index (χ2v) is 6.44. The van der Waals surface area contributed by atoms with Crippen molar-refractivity contribution in [2.45, 2.75) is 6.04 Å². The molecular weight excluding hydrogens is 383 g/mol. The summed E-state index contributed by atoms with van der Waals surface area (Å²) >= 11 is 8.22. The lowest BCUT2D eigenvalue weighted by molar-refractivity contribution is 0.621. The summed E-state index contributed by atoms with van der Waals surface area (Å²) in [7, 11) is 0. The molecule has 2 aromatic rings. The van der Waals surface area contributed by atoms with Crippen LogP contribution in [0.2, 0.25) is 0 Å². The summed E-state index contributed by atoms with van der Waals surface area (Å²) < 4.78 is 14.6. The van der Waals surface area contributed by atoms with Crippen LogP contribution in [-0.2, 0) is 0 Å². The zero-order valence-electron chi connectivity index (χ0n) is 9.29. The van der Waals surface area contributed by atoms with Crippen LogP contribution in [0, 0.1) is 5.82 Å². The SMILES string of the molecule is NCC(Nc1ccc(F)c(Br)c1)c1cc(Br)cs1. The largest absolute Gasteiger partial charge is 0.376 e. The Labute approximate surface area is 126 Å². The van der Waals surface area contributed by atoms with Crippen molar-refractivity contribution in [3.63, 3.8) is 0 Å². The van der Waals surface area contributed by atoms with E-state index in [0.717, 1.165) is 15.0 Å². The molecule has 0 saturated carbocycles. The fraction of sp³-hybridized carbons (Fsp3) is 0.167. The molecule has 96 valence electrons. The molecule has 0 spiro atoms. The van der Waals surface area contributed by atoms with Crippen molar-refractivity contribution in [3.05, 3.63) is 49.3 Å². The highest BCUT2D eigenvalue weighted by molar-refractivity contribution is 9.10. The zero-order valence-corrected chi connectivity index (χ0v) is 13.3. The first-order valence-corrected chi connectivity index (χ1v) is 7.72. The summed E-state index contributed by atoms with van der Waals surface area (Å²) in [6.45, 7) is 0.474. The van der Waals surface area contributed by atoms with Crippen molar-refractivity contribution in [3.8, 4) is 0 Å². The molecule has 1 unspecified atom stereocenters. The maximum Gasteiger partial charge on any atom is 0.137 e. The third-order valence-corrected chi connectivity index (χ3v) is 4.84. The minimum atomic E-state index is -0.274. The molecule has 3 N–H and O–H groups in total. The Bertz CT molecular complexity index is 545. The molecule has 0 aliphatic heterocycles. The Morgan fingerprint density at radius 3 is 2.67 bits per heavy atom. The van der Waals surface area contributed by atoms with Gasteiger partial charge >= 0.3 is 0 Å². The van der Waals surface area contributed by atoms with Crippen LogP contribution in [-0.4, -0.2) is 6.54 Å². The van der Waals surface area contributed by atoms with Gasteiger partial charge in [0.25, 0.3) is 0 Å². The van der Waals surface area contributed by atoms with Crippen LogP contribution in [0.3, 0.4) is 0 Å². The van der Waals surface area contributed by atoms with Gasteiger partial charge in [0.1, 0.15) is 5.82 Å². The number of hydrogen-bond acceptors (Lipinski definition) is 3. The van der Waals surface area contributed by atoms with Gasteiger partial charge in [-0.2, -0.15) is 0 Å². The lowest BCUT2D eigenvalue weighted by Crippen LogP contribution is -2.19. The van der Waals surface area contributed by atoms with Gasteiger partial charge in [0.2, 0.25) is 0 Å². The van der Waals surface area contributed by atoms with E-state index in [1.54, 1.807) is 23.5 Å². The minimum absolute atomic E-state index is 0.0265. The smallest absolute Gasteiger partial charge is 0.137 e. The quantitative estimate of drug-likeness (QED) is 0.800. The van der Waals surface area contributed by atoms with E-state index >= 15 is 0 Å². The van der Waals surface area contributed by atoms with E-state index in [-0.39, 0.29) is 11.9 Å². The molecule has 0 aliphatic carbocycles. The Morgan fingerprint density at radius 2 is 2.11 bits per heavy atom. The standard InChI is InChI=1S/C12H11Br2FN2S/c13-7-3-12(18-6-7)11(5-16)17-8-1-2-10(15)9(14)4-8/h1-4,6,11,17H,5,16H2. The molecule has 1 atom stereocenters. The van der Waals surface area contributed by atoms with Gasteiger partial charge in [-0.1, -0.05) is 0 Å². The van der Waals surface area contributed by atoms with Crippen molar-refractivity contribution >= 4 is 48.9 Å². The maximum absolute atomic E-state index is 13.1. The summed E-state index contributed by atoms with van der Waals surface area (Å²) in [5, 5.41) is 5.31. The Hall–Kier alpha value is -0.430. The Morgan fingerprint density at radius 1 is 1.33 bits per heavy atom. The first-order chi connectivity index (χ1) is 8.60. The Kier molecular flexibility index (Phi) is 4.77. The van der Waals surface area contributed by atoms with Crippen LogP contribution in [0.1, 0.15) is 10.9 Å². The van der Waals surface area contributed by atoms with Crippen LogP contribution < -0.4 is 11.1 Å². The number of anilines is 1. The molecule has 6 heteroatoms. The molecule has 0 aliphatic rings. The zero-order chi connectivity index (χ0) is 13.1. The van der Waals surface area contributed by atoms with E-state index in [2.05, 4.69) is 37.2 Å². The van der Waals surface area contributed by atoms with Crippen LogP contribution >= 0.6 is 43.2 Å². The number of benzene rings is 1. The minimum Gasteiger partial charge on any atom is -0.376 e. The van der Waals surface area contributed by atoms with Crippen molar-refractivity contribution in [2.75, 3.05) is 11.9 Å². The predicted octanol–water partition coefficient (Wildman–Crippen LogP) is 4.52. The second-order valence-electron chi connectivity index (χ2n) is 3.73. The van der Waals surface area contributed by atoms with Gasteiger partial charge in [-0.3, -0.25) is 0 Å². The lowest BCUT2D eigenvalue weighted by atomic mass is 10.2. The van der Waals surface area contributed by atoms with E-state index in [0.29, 0.717) is 11.0 Å². The van der Waals surface area contributed by atoms with E-state index in [1.165, 1.54) is 6.07 Å². The van der Waals surface area contributed by atoms with Gasteiger partial charge < -0.3 is 11.1 Å². The number of thiophene rings is 1. The molecule has 1 aromatic heterocycles. The molecule has 18 heavy (non-hydrogen) atoms. The molecule has 2 nitrogen and oxygen atoms in total. The van der Waals surface area contributed by atoms with E-state index in [4.69, 9.17) is 5.73 Å². The average Bonchev–Trinajstić information content (AvgIpc) is 2.77. The number of rotatable bonds is 4. The highest BCUT2D eigenvalue weighted by atomic mass is 79.9. The highest BCUT2D eigenvalue weighted by Gasteiger charge is 2.12. The van der Waals surface area contributed by atoms with Crippen LogP contribution in [0.15, 0.2) is 38.6 Å². The lowest BCUT2D eigenvalue weighted by Gasteiger charge is -2.17. The third-order valence-electron chi connectivity index (χ3n) is 2.43. The van der Waals surface area contributed by atoms with Gasteiger partial charge in [0.05, 0.1) is 10.5 Å². The Balaban J connectivity index is 2.17. The number of nitrogens with one attached hydrogen (secondary N) is 1. The van der Waals surface area contributed by atoms with Crippen LogP contribution in [0.25, 0.3) is 0 Å². The van der Waals surface area contributed by atoms with Crippen molar-refractivity contribution in [1.82, 2.24) is 0 Å². The number of hydrogen-bond donors (Lipinski definition) is 2. The number of halogens is 3. The second kappa shape index (κ2) is 6.14. The van der Waals surface area contributed by atoms with Crippen molar-refractivity contribution in [1.29, 1.82) is 0 Å². The highest BCUT2D eigenvalue weighted by Crippen LogP contribution is 2.29. The molecule has 0 bridgehead atoms. The van der Waals surface area contributed by atoms with Crippen molar-refractivity contribution in [2.24, 2.45) is 5.73 Å². The molecule has 0 radical (unpaired) electrons. The summed E-state index contributed by atoms with van der Waals surface area (Å²) in [5.74, 6) is -0.274. The molecular formula is C12H11Br2FN2S. The summed E-state index contributed by atoms with van der Waals surface area (Å²) in [5.41, 5.74) is 6.61. The van der Waals surface area contributed by atoms with Gasteiger partial charge in [-0.05, 0) is 56.1 Å². The average molecular weight is 394 g/mol. The van der Waals surface area contributed by atoms with Gasteiger partial charge in [-0.15, -0.1) is 11.3 Å². The fourth-order valence-electron chi connectivity index (χ4n) is 1.54. The molecule has 2 rings (SSSR count). The van der Waals surface area contributed by atoms with Crippen molar-refractivity contribution < 1.29 is 4.39 Å². The van der Waals surface area contributed by atoms with E-state index in [1.807, 2.05) is 11.4 Å². The third kappa shape index (κ3) is 3.32. The molecule has 1 heterocycles. The van der Waals surface area contributed by atoms with Crippen LogP contribution in [0.5, 0.6) is 0 Å². The fourth-order valence-corrected chi connectivity index (χ4v) is 3.43. The first kappa shape index (κ1) is 14.0. The monoisotopic (exact) mass is 392 g/mol. The maximum atomic E-state index is 13.1. The van der Waals surface area contributed by atoms with E-state index in [9.17, 15) is 4.39 Å². The first-order valence-electron chi connectivity index (χ1n) is 5.25. The summed E-state index contributed by atoms with van der Waals surface area (Å²) in [6.07, 6.45) is 0. The summed E-state index contributed by atoms with van der Waals surface area (Å²) in [6, 6.07) is 6.89. The van der Waals surface area contributed by atoms with E-state index < -0.39 is 0 Å². The van der Waals surface area contributed by atoms with Gasteiger partial charge in [0, 0.05) is 27.0 Å². The van der Waals surface area contributed by atoms with Gasteiger partial charge in [0.15, 0.2) is 0 Å². The predicted molar refractivity (Wildman–Crippen MR) is 81.5 cm³/mol. The number of nitrogens with two attached hydrogens (primary N) is 1. The van der Waals surface area contributed by atoms with Gasteiger partial charge in [-0.25, -0.2) is 4.39 Å². The topological polar surface area (TPSA) is 38.0 Å². The molecule has 1 aromatic carbocycles. The molecule has 0 saturated heterocycles.